The van der Waals surface area contributed by atoms with Gasteiger partial charge in [0.05, 0.1) is 0 Å². The van der Waals surface area contributed by atoms with E-state index in [-0.39, 0.29) is 30.3 Å². The maximum Gasteiger partial charge on any atom is 0.223 e. The van der Waals surface area contributed by atoms with Gasteiger partial charge < -0.3 is 16.2 Å². The molecule has 0 radical (unpaired) electrons. The average molecular weight is 228 g/mol. The summed E-state index contributed by atoms with van der Waals surface area (Å²) in [4.78, 5) is 23.0. The summed E-state index contributed by atoms with van der Waals surface area (Å²) in [5, 5.41) is 11.3. The second-order valence-electron chi connectivity index (χ2n) is 4.27. The first kappa shape index (κ1) is 13.0. The highest BCUT2D eigenvalue weighted by atomic mass is 16.3. The predicted octanol–water partition coefficient (Wildman–Crippen LogP) is -0.223. The Labute approximate surface area is 95.4 Å². The number of carbonyl (C=O) groups excluding carboxylic acids is 2. The predicted molar refractivity (Wildman–Crippen MR) is 59.4 cm³/mol. The van der Waals surface area contributed by atoms with E-state index in [0.717, 1.165) is 19.3 Å². The summed E-state index contributed by atoms with van der Waals surface area (Å²) < 4.78 is 0. The van der Waals surface area contributed by atoms with Crippen LogP contribution >= 0.6 is 0 Å². The van der Waals surface area contributed by atoms with Crippen LogP contribution in [0.4, 0.5) is 0 Å². The first-order chi connectivity index (χ1) is 7.66. The molecule has 5 heteroatoms. The summed E-state index contributed by atoms with van der Waals surface area (Å²) in [6.07, 6.45) is 3.93. The van der Waals surface area contributed by atoms with Crippen LogP contribution in [0.2, 0.25) is 0 Å². The van der Waals surface area contributed by atoms with E-state index >= 15 is 0 Å². The van der Waals surface area contributed by atoms with Gasteiger partial charge in [0.2, 0.25) is 11.8 Å². The summed E-state index contributed by atoms with van der Waals surface area (Å²) in [6, 6.07) is 0. The van der Waals surface area contributed by atoms with Gasteiger partial charge in [0.1, 0.15) is 0 Å². The van der Waals surface area contributed by atoms with Crippen LogP contribution in [0, 0.1) is 11.8 Å². The highest BCUT2D eigenvalue weighted by Crippen LogP contribution is 2.29. The zero-order valence-corrected chi connectivity index (χ0v) is 9.45. The number of amides is 2. The molecule has 0 spiro atoms. The maximum absolute atomic E-state index is 11.8. The summed E-state index contributed by atoms with van der Waals surface area (Å²) >= 11 is 0. The van der Waals surface area contributed by atoms with Crippen molar-refractivity contribution in [2.24, 2.45) is 17.6 Å². The van der Waals surface area contributed by atoms with Crippen LogP contribution in [-0.4, -0.2) is 30.1 Å². The van der Waals surface area contributed by atoms with Gasteiger partial charge in [-0.05, 0) is 19.3 Å². The van der Waals surface area contributed by atoms with Crippen LogP contribution in [0.1, 0.15) is 32.1 Å². The molecule has 1 rings (SSSR count). The molecule has 1 saturated carbocycles. The number of carbonyl (C=O) groups is 2. The quantitative estimate of drug-likeness (QED) is 0.568. The molecule has 2 amide bonds. The molecule has 0 aliphatic heterocycles. The van der Waals surface area contributed by atoms with Gasteiger partial charge in [-0.2, -0.15) is 0 Å². The van der Waals surface area contributed by atoms with E-state index in [1.807, 2.05) is 0 Å². The summed E-state index contributed by atoms with van der Waals surface area (Å²) in [5.74, 6) is -1.06. The summed E-state index contributed by atoms with van der Waals surface area (Å²) in [7, 11) is 0. The molecule has 5 nitrogen and oxygen atoms in total. The maximum atomic E-state index is 11.8. The fourth-order valence-electron chi connectivity index (χ4n) is 2.21. The van der Waals surface area contributed by atoms with Crippen molar-refractivity contribution >= 4 is 11.8 Å². The number of aliphatic hydroxyl groups is 1. The summed E-state index contributed by atoms with van der Waals surface area (Å²) in [6.45, 7) is 0.515. The minimum Gasteiger partial charge on any atom is -0.396 e. The normalized spacial score (nSPS) is 25.1. The Kier molecular flexibility index (Phi) is 5.25. The van der Waals surface area contributed by atoms with Gasteiger partial charge >= 0.3 is 0 Å². The molecule has 16 heavy (non-hydrogen) atoms. The third-order valence-electron chi connectivity index (χ3n) is 3.10. The van der Waals surface area contributed by atoms with Crippen molar-refractivity contribution in [3.63, 3.8) is 0 Å². The van der Waals surface area contributed by atoms with Crippen LogP contribution in [0.15, 0.2) is 0 Å². The third-order valence-corrected chi connectivity index (χ3v) is 3.10. The fourth-order valence-corrected chi connectivity index (χ4v) is 2.21. The summed E-state index contributed by atoms with van der Waals surface area (Å²) in [5.41, 5.74) is 5.29. The molecule has 0 aromatic rings. The van der Waals surface area contributed by atoms with Gasteiger partial charge in [0, 0.05) is 25.0 Å². The standard InChI is InChI=1S/C11H20N2O3/c12-10(15)8-4-1-2-5-9(8)11(16)13-6-3-7-14/h8-9,14H,1-7H2,(H2,12,15)(H,13,16). The second-order valence-corrected chi connectivity index (χ2v) is 4.27. The van der Waals surface area contributed by atoms with Crippen molar-refractivity contribution in [1.82, 2.24) is 5.32 Å². The number of hydrogen-bond donors (Lipinski definition) is 3. The Balaban J connectivity index is 2.47. The van der Waals surface area contributed by atoms with Crippen LogP contribution in [0.5, 0.6) is 0 Å². The topological polar surface area (TPSA) is 92.4 Å². The molecule has 0 heterocycles. The largest absolute Gasteiger partial charge is 0.396 e. The Morgan fingerprint density at radius 2 is 1.88 bits per heavy atom. The van der Waals surface area contributed by atoms with Gasteiger partial charge in [-0.3, -0.25) is 9.59 Å². The van der Waals surface area contributed by atoms with Crippen molar-refractivity contribution in [1.29, 1.82) is 0 Å². The monoisotopic (exact) mass is 228 g/mol. The molecular weight excluding hydrogens is 208 g/mol. The number of rotatable bonds is 5. The molecule has 0 saturated heterocycles. The lowest BCUT2D eigenvalue weighted by molar-refractivity contribution is -0.134. The molecule has 1 aliphatic rings. The SMILES string of the molecule is NC(=O)C1CCCCC1C(=O)NCCCO. The second kappa shape index (κ2) is 6.48. The lowest BCUT2D eigenvalue weighted by Gasteiger charge is -2.28. The first-order valence-corrected chi connectivity index (χ1v) is 5.84. The molecule has 0 aromatic heterocycles. The van der Waals surface area contributed by atoms with Gasteiger partial charge in [0.15, 0.2) is 0 Å². The van der Waals surface area contributed by atoms with E-state index in [4.69, 9.17) is 10.8 Å². The molecule has 0 bridgehead atoms. The molecule has 2 atom stereocenters. The molecule has 1 fully saturated rings. The van der Waals surface area contributed by atoms with E-state index in [2.05, 4.69) is 5.32 Å². The highest BCUT2D eigenvalue weighted by molar-refractivity contribution is 5.87. The zero-order chi connectivity index (χ0) is 12.0. The molecule has 0 aromatic carbocycles. The molecule has 2 unspecified atom stereocenters. The lowest BCUT2D eigenvalue weighted by atomic mass is 9.78. The average Bonchev–Trinajstić information content (AvgIpc) is 2.29. The number of hydrogen-bond acceptors (Lipinski definition) is 3. The Hall–Kier alpha value is -1.10. The van der Waals surface area contributed by atoms with E-state index in [1.54, 1.807) is 0 Å². The van der Waals surface area contributed by atoms with E-state index in [9.17, 15) is 9.59 Å². The smallest absolute Gasteiger partial charge is 0.223 e. The van der Waals surface area contributed by atoms with Crippen LogP contribution in [-0.2, 0) is 9.59 Å². The van der Waals surface area contributed by atoms with E-state index in [0.29, 0.717) is 19.4 Å². The minimum atomic E-state index is -0.373. The van der Waals surface area contributed by atoms with Gasteiger partial charge in [0.25, 0.3) is 0 Å². The Morgan fingerprint density at radius 1 is 1.25 bits per heavy atom. The molecule has 1 aliphatic carbocycles. The third kappa shape index (κ3) is 3.48. The van der Waals surface area contributed by atoms with Crippen molar-refractivity contribution in [2.45, 2.75) is 32.1 Å². The van der Waals surface area contributed by atoms with Crippen molar-refractivity contribution in [3.8, 4) is 0 Å². The highest BCUT2D eigenvalue weighted by Gasteiger charge is 2.34. The van der Waals surface area contributed by atoms with Crippen LogP contribution in [0.3, 0.4) is 0 Å². The number of primary amides is 1. The van der Waals surface area contributed by atoms with Crippen LogP contribution < -0.4 is 11.1 Å². The zero-order valence-electron chi connectivity index (χ0n) is 9.45. The van der Waals surface area contributed by atoms with E-state index in [1.165, 1.54) is 0 Å². The molecular formula is C11H20N2O3. The lowest BCUT2D eigenvalue weighted by Crippen LogP contribution is -2.42. The fraction of sp³-hybridized carbons (Fsp3) is 0.818. The van der Waals surface area contributed by atoms with Gasteiger partial charge in [-0.25, -0.2) is 0 Å². The minimum absolute atomic E-state index is 0.0597. The Morgan fingerprint density at radius 3 is 2.44 bits per heavy atom. The molecule has 92 valence electrons. The van der Waals surface area contributed by atoms with Crippen molar-refractivity contribution in [2.75, 3.05) is 13.2 Å². The van der Waals surface area contributed by atoms with Crippen molar-refractivity contribution < 1.29 is 14.7 Å². The van der Waals surface area contributed by atoms with Crippen molar-refractivity contribution in [3.05, 3.63) is 0 Å². The number of nitrogens with two attached hydrogens (primary N) is 1. The van der Waals surface area contributed by atoms with E-state index < -0.39 is 0 Å². The molecule has 4 N–H and O–H groups in total. The first-order valence-electron chi connectivity index (χ1n) is 5.84. The van der Waals surface area contributed by atoms with Gasteiger partial charge in [-0.1, -0.05) is 12.8 Å². The number of aliphatic hydroxyl groups excluding tert-OH is 1. The van der Waals surface area contributed by atoms with Gasteiger partial charge in [-0.15, -0.1) is 0 Å². The van der Waals surface area contributed by atoms with Crippen LogP contribution in [0.25, 0.3) is 0 Å². The Bertz CT molecular complexity index is 256. The number of nitrogens with one attached hydrogen (secondary N) is 1.